The van der Waals surface area contributed by atoms with Crippen molar-refractivity contribution in [3.63, 3.8) is 0 Å². The van der Waals surface area contributed by atoms with E-state index in [1.807, 2.05) is 24.3 Å². The van der Waals surface area contributed by atoms with Crippen molar-refractivity contribution in [2.45, 2.75) is 39.5 Å². The number of aromatic amines is 1. The molecule has 0 spiro atoms. The predicted molar refractivity (Wildman–Crippen MR) is 115 cm³/mol. The van der Waals surface area contributed by atoms with Crippen molar-refractivity contribution < 1.29 is 5.11 Å². The number of phenols is 1. The van der Waals surface area contributed by atoms with Crippen LogP contribution in [0, 0.1) is 0 Å². The van der Waals surface area contributed by atoms with Gasteiger partial charge in [-0.25, -0.2) is 0 Å². The first-order chi connectivity index (χ1) is 13.5. The average Bonchev–Trinajstić information content (AvgIpc) is 3.16. The van der Waals surface area contributed by atoms with Gasteiger partial charge in [-0.15, -0.1) is 5.10 Å². The molecule has 1 heterocycles. The minimum atomic E-state index is 0.239. The molecule has 0 radical (unpaired) electrons. The molecule has 0 bridgehead atoms. The van der Waals surface area contributed by atoms with Crippen molar-refractivity contribution in [3.05, 3.63) is 65.7 Å². The summed E-state index contributed by atoms with van der Waals surface area (Å²) in [6.45, 7) is 8.60. The SMILES string of the molecule is CC(C)c1cc(-c2ccccc2-c2cccc3[nH]nnc23)c(O)c(C(C)C)c1. The van der Waals surface area contributed by atoms with Crippen molar-refractivity contribution in [1.29, 1.82) is 0 Å². The Bertz CT molecular complexity index is 1140. The minimum Gasteiger partial charge on any atom is -0.507 e. The van der Waals surface area contributed by atoms with Gasteiger partial charge in [-0.1, -0.05) is 75.4 Å². The van der Waals surface area contributed by atoms with Gasteiger partial charge in [0, 0.05) is 11.1 Å². The molecule has 1 aromatic heterocycles. The molecule has 0 amide bonds. The van der Waals surface area contributed by atoms with Crippen molar-refractivity contribution in [2.75, 3.05) is 0 Å². The first-order valence-electron chi connectivity index (χ1n) is 9.73. The Morgan fingerprint density at radius 3 is 2.14 bits per heavy atom. The molecule has 4 heteroatoms. The fraction of sp³-hybridized carbons (Fsp3) is 0.250. The lowest BCUT2D eigenvalue weighted by Crippen LogP contribution is -1.97. The zero-order valence-corrected chi connectivity index (χ0v) is 16.7. The molecule has 0 aliphatic carbocycles. The molecule has 4 nitrogen and oxygen atoms in total. The number of nitrogens with one attached hydrogen (secondary N) is 1. The number of hydrogen-bond donors (Lipinski definition) is 2. The number of phenolic OH excluding ortho intramolecular Hbond substituents is 1. The molecule has 142 valence electrons. The van der Waals surface area contributed by atoms with Crippen LogP contribution in [0.25, 0.3) is 33.3 Å². The van der Waals surface area contributed by atoms with Crippen LogP contribution < -0.4 is 0 Å². The van der Waals surface area contributed by atoms with Crippen molar-refractivity contribution in [3.8, 4) is 28.0 Å². The van der Waals surface area contributed by atoms with Gasteiger partial charge in [0.25, 0.3) is 0 Å². The fourth-order valence-corrected chi connectivity index (χ4v) is 3.70. The maximum absolute atomic E-state index is 11.1. The van der Waals surface area contributed by atoms with Crippen molar-refractivity contribution in [2.24, 2.45) is 0 Å². The van der Waals surface area contributed by atoms with Gasteiger partial charge in [0.05, 0.1) is 5.52 Å². The smallest absolute Gasteiger partial charge is 0.126 e. The number of nitrogens with zero attached hydrogens (tertiary/aromatic N) is 2. The summed E-state index contributed by atoms with van der Waals surface area (Å²) < 4.78 is 0. The monoisotopic (exact) mass is 371 g/mol. The summed E-state index contributed by atoms with van der Waals surface area (Å²) in [6, 6.07) is 18.4. The second-order valence-corrected chi connectivity index (χ2v) is 7.87. The molecule has 2 N–H and O–H groups in total. The molecular formula is C24H25N3O. The van der Waals surface area contributed by atoms with Crippen LogP contribution in [0.4, 0.5) is 0 Å². The molecule has 0 saturated carbocycles. The highest BCUT2D eigenvalue weighted by molar-refractivity contribution is 5.97. The van der Waals surface area contributed by atoms with E-state index in [-0.39, 0.29) is 5.92 Å². The van der Waals surface area contributed by atoms with E-state index in [9.17, 15) is 5.11 Å². The Balaban J connectivity index is 2.01. The highest BCUT2D eigenvalue weighted by atomic mass is 16.3. The summed E-state index contributed by atoms with van der Waals surface area (Å²) in [6.07, 6.45) is 0. The quantitative estimate of drug-likeness (QED) is 0.446. The second-order valence-electron chi connectivity index (χ2n) is 7.87. The number of hydrogen-bond acceptors (Lipinski definition) is 3. The van der Waals surface area contributed by atoms with Crippen LogP contribution in [0.1, 0.15) is 50.7 Å². The van der Waals surface area contributed by atoms with E-state index >= 15 is 0 Å². The Morgan fingerprint density at radius 2 is 1.46 bits per heavy atom. The zero-order chi connectivity index (χ0) is 19.8. The van der Waals surface area contributed by atoms with E-state index in [2.05, 4.69) is 73.4 Å². The van der Waals surface area contributed by atoms with Gasteiger partial charge in [-0.3, -0.25) is 5.10 Å². The summed E-state index contributed by atoms with van der Waals surface area (Å²) in [7, 11) is 0. The van der Waals surface area contributed by atoms with Crippen LogP contribution in [0.15, 0.2) is 54.6 Å². The van der Waals surface area contributed by atoms with Crippen LogP contribution in [-0.4, -0.2) is 20.5 Å². The standard InChI is InChI=1S/C24H25N3O/c1-14(2)16-12-20(15(3)4)24(28)21(13-16)18-9-6-5-8-17(18)19-10-7-11-22-23(19)26-27-25-22/h5-15,28H,1-4H3,(H,25,26,27). The molecule has 0 saturated heterocycles. The van der Waals surface area contributed by atoms with Crippen LogP contribution in [-0.2, 0) is 0 Å². The average molecular weight is 371 g/mol. The molecule has 3 aromatic carbocycles. The highest BCUT2D eigenvalue weighted by Gasteiger charge is 2.19. The third kappa shape index (κ3) is 3.05. The molecule has 0 atom stereocenters. The van der Waals surface area contributed by atoms with E-state index in [1.165, 1.54) is 5.56 Å². The predicted octanol–water partition coefficient (Wildman–Crippen LogP) is 6.24. The normalized spacial score (nSPS) is 11.6. The molecule has 0 aliphatic heterocycles. The van der Waals surface area contributed by atoms with E-state index < -0.39 is 0 Å². The summed E-state index contributed by atoms with van der Waals surface area (Å²) in [5, 5.41) is 22.3. The number of aromatic hydroxyl groups is 1. The summed E-state index contributed by atoms with van der Waals surface area (Å²) in [4.78, 5) is 0. The Morgan fingerprint density at radius 1 is 0.786 bits per heavy atom. The summed E-state index contributed by atoms with van der Waals surface area (Å²) >= 11 is 0. The highest BCUT2D eigenvalue weighted by Crippen LogP contribution is 2.43. The van der Waals surface area contributed by atoms with Gasteiger partial charge >= 0.3 is 0 Å². The van der Waals surface area contributed by atoms with Gasteiger partial charge < -0.3 is 5.11 Å². The van der Waals surface area contributed by atoms with E-state index in [1.54, 1.807) is 0 Å². The summed E-state index contributed by atoms with van der Waals surface area (Å²) in [5.74, 6) is 0.978. The maximum Gasteiger partial charge on any atom is 0.126 e. The largest absolute Gasteiger partial charge is 0.507 e. The fourth-order valence-electron chi connectivity index (χ4n) is 3.70. The molecule has 0 unspecified atom stereocenters. The molecule has 0 aliphatic rings. The number of aromatic nitrogens is 3. The Labute approximate surface area is 165 Å². The summed E-state index contributed by atoms with van der Waals surface area (Å²) in [5.41, 5.74) is 7.84. The third-order valence-electron chi connectivity index (χ3n) is 5.31. The minimum absolute atomic E-state index is 0.239. The maximum atomic E-state index is 11.1. The second kappa shape index (κ2) is 7.12. The number of benzene rings is 3. The van der Waals surface area contributed by atoms with Gasteiger partial charge in [0.15, 0.2) is 0 Å². The number of fused-ring (bicyclic) bond motifs is 1. The first kappa shape index (κ1) is 18.2. The van der Waals surface area contributed by atoms with E-state index in [0.29, 0.717) is 11.7 Å². The van der Waals surface area contributed by atoms with Crippen LogP contribution >= 0.6 is 0 Å². The third-order valence-corrected chi connectivity index (χ3v) is 5.31. The number of H-pyrrole nitrogens is 1. The topological polar surface area (TPSA) is 61.8 Å². The first-order valence-corrected chi connectivity index (χ1v) is 9.73. The molecule has 4 aromatic rings. The Kier molecular flexibility index (Phi) is 4.63. The molecule has 4 rings (SSSR count). The zero-order valence-electron chi connectivity index (χ0n) is 16.7. The molecule has 28 heavy (non-hydrogen) atoms. The molecular weight excluding hydrogens is 346 g/mol. The number of rotatable bonds is 4. The lowest BCUT2D eigenvalue weighted by molar-refractivity contribution is 0.466. The van der Waals surface area contributed by atoms with Crippen LogP contribution in [0.3, 0.4) is 0 Å². The van der Waals surface area contributed by atoms with Gasteiger partial charge in [0.2, 0.25) is 0 Å². The van der Waals surface area contributed by atoms with E-state index in [0.717, 1.165) is 38.9 Å². The van der Waals surface area contributed by atoms with E-state index in [4.69, 9.17) is 0 Å². The van der Waals surface area contributed by atoms with Gasteiger partial charge in [-0.05, 0) is 46.2 Å². The Hall–Kier alpha value is -3.14. The molecule has 0 fully saturated rings. The van der Waals surface area contributed by atoms with Gasteiger partial charge in [0.1, 0.15) is 11.3 Å². The van der Waals surface area contributed by atoms with Crippen LogP contribution in [0.2, 0.25) is 0 Å². The lowest BCUT2D eigenvalue weighted by Gasteiger charge is -2.19. The van der Waals surface area contributed by atoms with Crippen molar-refractivity contribution >= 4 is 11.0 Å². The van der Waals surface area contributed by atoms with Crippen molar-refractivity contribution in [1.82, 2.24) is 15.4 Å². The van der Waals surface area contributed by atoms with Crippen LogP contribution in [0.5, 0.6) is 5.75 Å². The lowest BCUT2D eigenvalue weighted by atomic mass is 9.87. The van der Waals surface area contributed by atoms with Gasteiger partial charge in [-0.2, -0.15) is 0 Å².